The second kappa shape index (κ2) is 32.6. The monoisotopic (exact) mass is 713 g/mol. The van der Waals surface area contributed by atoms with E-state index in [9.17, 15) is 19.4 Å². The second-order valence-electron chi connectivity index (χ2n) is 14.6. The Labute approximate surface area is 302 Å². The molecule has 288 valence electrons. The fourth-order valence-electron chi connectivity index (χ4n) is 5.34. The van der Waals surface area contributed by atoms with E-state index in [0.29, 0.717) is 17.4 Å². The van der Waals surface area contributed by atoms with Crippen molar-refractivity contribution in [2.45, 2.75) is 174 Å². The summed E-state index contributed by atoms with van der Waals surface area (Å²) in [6.45, 7) is 4.56. The highest BCUT2D eigenvalue weighted by Gasteiger charge is 2.23. The molecule has 0 saturated heterocycles. The number of phosphoric acid groups is 1. The molecule has 49 heavy (non-hydrogen) atoms. The van der Waals surface area contributed by atoms with E-state index >= 15 is 0 Å². The number of hydrogen-bond acceptors (Lipinski definition) is 6. The molecule has 1 amide bonds. The number of amides is 1. The Morgan fingerprint density at radius 1 is 0.694 bits per heavy atom. The van der Waals surface area contributed by atoms with Gasteiger partial charge < -0.3 is 28.8 Å². The van der Waals surface area contributed by atoms with Gasteiger partial charge in [-0.25, -0.2) is 0 Å². The molecular weight excluding hydrogens is 635 g/mol. The SMILES string of the molecule is CCCCC/C=C\CCCCCCCC(=O)NC(COP(=O)([O-])OCC[N+](C)(C)C)C(O)/C=C/CC/C=C/CCCCCCCCCCC. The van der Waals surface area contributed by atoms with Crippen molar-refractivity contribution in [3.8, 4) is 0 Å². The Hall–Kier alpha value is -1.28. The van der Waals surface area contributed by atoms with Crippen LogP contribution in [0.1, 0.15) is 162 Å². The Morgan fingerprint density at radius 3 is 1.69 bits per heavy atom. The van der Waals surface area contributed by atoms with Crippen LogP contribution in [0.4, 0.5) is 0 Å². The first-order valence-electron chi connectivity index (χ1n) is 19.9. The number of aliphatic hydroxyl groups is 1. The lowest BCUT2D eigenvalue weighted by atomic mass is 10.1. The van der Waals surface area contributed by atoms with Crippen LogP contribution in [0.3, 0.4) is 0 Å². The van der Waals surface area contributed by atoms with Gasteiger partial charge in [-0.1, -0.05) is 134 Å². The van der Waals surface area contributed by atoms with E-state index in [1.54, 1.807) is 6.08 Å². The molecule has 3 atom stereocenters. The van der Waals surface area contributed by atoms with Crippen molar-refractivity contribution in [2.24, 2.45) is 0 Å². The number of hydrogen-bond donors (Lipinski definition) is 2. The van der Waals surface area contributed by atoms with Crippen molar-refractivity contribution in [3.63, 3.8) is 0 Å². The normalized spacial score (nSPS) is 15.0. The molecule has 0 aliphatic carbocycles. The average Bonchev–Trinajstić information content (AvgIpc) is 3.04. The molecule has 3 unspecified atom stereocenters. The summed E-state index contributed by atoms with van der Waals surface area (Å²) in [6.07, 6.45) is 37.6. The fraction of sp³-hybridized carbons (Fsp3) is 0.825. The third-order valence-electron chi connectivity index (χ3n) is 8.57. The molecule has 0 radical (unpaired) electrons. The van der Waals surface area contributed by atoms with Gasteiger partial charge in [-0.05, 0) is 57.8 Å². The van der Waals surface area contributed by atoms with Crippen LogP contribution < -0.4 is 10.2 Å². The topological polar surface area (TPSA) is 108 Å². The lowest BCUT2D eigenvalue weighted by molar-refractivity contribution is -0.870. The van der Waals surface area contributed by atoms with Gasteiger partial charge >= 0.3 is 0 Å². The molecule has 0 bridgehead atoms. The maximum Gasteiger partial charge on any atom is 0.268 e. The minimum absolute atomic E-state index is 0.00829. The molecule has 0 spiro atoms. The molecule has 0 fully saturated rings. The summed E-state index contributed by atoms with van der Waals surface area (Å²) in [7, 11) is 1.23. The minimum atomic E-state index is -4.59. The number of carbonyl (C=O) groups excluding carboxylic acids is 1. The molecule has 0 aromatic rings. The summed E-state index contributed by atoms with van der Waals surface area (Å²) in [5.41, 5.74) is 0. The zero-order chi connectivity index (χ0) is 36.5. The zero-order valence-electron chi connectivity index (χ0n) is 32.4. The number of likely N-dealkylation sites (N-methyl/N-ethyl adjacent to an activating group) is 1. The van der Waals surface area contributed by atoms with Crippen molar-refractivity contribution >= 4 is 13.7 Å². The van der Waals surface area contributed by atoms with Gasteiger partial charge in [-0.3, -0.25) is 9.36 Å². The molecule has 0 aliphatic heterocycles. The number of carbonyl (C=O) groups is 1. The highest BCUT2D eigenvalue weighted by molar-refractivity contribution is 7.45. The minimum Gasteiger partial charge on any atom is -0.756 e. The molecule has 0 heterocycles. The lowest BCUT2D eigenvalue weighted by Gasteiger charge is -2.29. The van der Waals surface area contributed by atoms with E-state index in [1.165, 1.54) is 83.5 Å². The second-order valence-corrected chi connectivity index (χ2v) is 16.0. The maximum absolute atomic E-state index is 12.8. The van der Waals surface area contributed by atoms with Crippen LogP contribution in [0.25, 0.3) is 0 Å². The molecule has 2 N–H and O–H groups in total. The molecule has 0 saturated carbocycles. The summed E-state index contributed by atoms with van der Waals surface area (Å²) in [5.74, 6) is -0.220. The fourth-order valence-corrected chi connectivity index (χ4v) is 6.06. The number of allylic oxidation sites excluding steroid dienone is 5. The third-order valence-corrected chi connectivity index (χ3v) is 9.54. The number of unbranched alkanes of at least 4 members (excludes halogenated alkanes) is 18. The van der Waals surface area contributed by atoms with Gasteiger partial charge in [0.1, 0.15) is 13.2 Å². The van der Waals surface area contributed by atoms with Gasteiger partial charge in [-0.15, -0.1) is 0 Å². The standard InChI is InChI=1S/C40H77N2O6P/c1-6-8-10-12-14-16-18-20-21-22-23-25-27-29-31-33-39(43)38(37-48-49(45,46)47-36-35-42(3,4)5)41-40(44)34-32-30-28-26-24-19-17-15-13-11-9-7-2/h15,17,23,25,31,33,38-39,43H,6-14,16,18-22,24,26-30,32,34-37H2,1-5H3,(H-,41,44,45,46)/b17-15-,25-23+,33-31+. The predicted molar refractivity (Wildman–Crippen MR) is 205 cm³/mol. The van der Waals surface area contributed by atoms with Crippen molar-refractivity contribution in [1.82, 2.24) is 5.32 Å². The predicted octanol–water partition coefficient (Wildman–Crippen LogP) is 9.72. The Kier molecular flexibility index (Phi) is 31.8. The number of phosphoric ester groups is 1. The van der Waals surface area contributed by atoms with Gasteiger partial charge in [0.2, 0.25) is 5.91 Å². The van der Waals surface area contributed by atoms with Crippen molar-refractivity contribution in [1.29, 1.82) is 0 Å². The molecule has 8 nitrogen and oxygen atoms in total. The van der Waals surface area contributed by atoms with Crippen LogP contribution >= 0.6 is 7.82 Å². The largest absolute Gasteiger partial charge is 0.756 e. The van der Waals surface area contributed by atoms with Crippen LogP contribution in [0.2, 0.25) is 0 Å². The van der Waals surface area contributed by atoms with Crippen molar-refractivity contribution < 1.29 is 32.9 Å². The summed E-state index contributed by atoms with van der Waals surface area (Å²) in [4.78, 5) is 25.1. The van der Waals surface area contributed by atoms with E-state index in [2.05, 4.69) is 43.5 Å². The summed E-state index contributed by atoms with van der Waals surface area (Å²) in [6, 6.07) is -0.903. The van der Waals surface area contributed by atoms with Gasteiger partial charge in [0, 0.05) is 6.42 Å². The van der Waals surface area contributed by atoms with E-state index in [0.717, 1.165) is 57.8 Å². The molecule has 0 rings (SSSR count). The van der Waals surface area contributed by atoms with Crippen LogP contribution in [0.15, 0.2) is 36.5 Å². The van der Waals surface area contributed by atoms with Gasteiger partial charge in [0.25, 0.3) is 7.82 Å². The average molecular weight is 713 g/mol. The number of aliphatic hydroxyl groups excluding tert-OH is 1. The van der Waals surface area contributed by atoms with E-state index in [1.807, 2.05) is 27.2 Å². The molecule has 0 aliphatic rings. The van der Waals surface area contributed by atoms with E-state index < -0.39 is 26.6 Å². The highest BCUT2D eigenvalue weighted by Crippen LogP contribution is 2.38. The molecule has 9 heteroatoms. The lowest BCUT2D eigenvalue weighted by Crippen LogP contribution is -2.45. The maximum atomic E-state index is 12.8. The summed E-state index contributed by atoms with van der Waals surface area (Å²) in [5, 5.41) is 13.7. The molecular formula is C40H77N2O6P. The summed E-state index contributed by atoms with van der Waals surface area (Å²) >= 11 is 0. The Bertz CT molecular complexity index is 902. The van der Waals surface area contributed by atoms with Crippen LogP contribution in [-0.4, -0.2) is 68.5 Å². The van der Waals surface area contributed by atoms with E-state index in [4.69, 9.17) is 9.05 Å². The van der Waals surface area contributed by atoms with Gasteiger partial charge in [0.05, 0.1) is 39.9 Å². The number of rotatable bonds is 35. The molecule has 0 aromatic carbocycles. The van der Waals surface area contributed by atoms with Crippen LogP contribution in [0, 0.1) is 0 Å². The highest BCUT2D eigenvalue weighted by atomic mass is 31.2. The zero-order valence-corrected chi connectivity index (χ0v) is 33.3. The third kappa shape index (κ3) is 34.9. The van der Waals surface area contributed by atoms with Crippen molar-refractivity contribution in [2.75, 3.05) is 40.9 Å². The van der Waals surface area contributed by atoms with Gasteiger partial charge in [-0.2, -0.15) is 0 Å². The first-order chi connectivity index (χ1) is 23.5. The Morgan fingerprint density at radius 2 is 1.14 bits per heavy atom. The van der Waals surface area contributed by atoms with Gasteiger partial charge in [0.15, 0.2) is 0 Å². The molecule has 0 aromatic heterocycles. The number of nitrogens with one attached hydrogen (secondary N) is 1. The van der Waals surface area contributed by atoms with Crippen LogP contribution in [0.5, 0.6) is 0 Å². The smallest absolute Gasteiger partial charge is 0.268 e. The first kappa shape index (κ1) is 47.7. The van der Waals surface area contributed by atoms with Crippen LogP contribution in [-0.2, 0) is 18.4 Å². The number of nitrogens with zero attached hydrogens (tertiary/aromatic N) is 1. The summed E-state index contributed by atoms with van der Waals surface area (Å²) < 4.78 is 23.1. The quantitative estimate of drug-likeness (QED) is 0.0293. The number of quaternary nitrogens is 1. The van der Waals surface area contributed by atoms with E-state index in [-0.39, 0.29) is 12.5 Å². The Balaban J connectivity index is 4.59. The van der Waals surface area contributed by atoms with Crippen molar-refractivity contribution in [3.05, 3.63) is 36.5 Å². The first-order valence-corrected chi connectivity index (χ1v) is 21.3.